The van der Waals surface area contributed by atoms with E-state index >= 15 is 0 Å². The number of cyclic esters (lactones) is 1. The van der Waals surface area contributed by atoms with Crippen LogP contribution < -0.4 is 0 Å². The van der Waals surface area contributed by atoms with Gasteiger partial charge < -0.3 is 9.47 Å². The van der Waals surface area contributed by atoms with E-state index in [2.05, 4.69) is 0 Å². The average Bonchev–Trinajstić information content (AvgIpc) is 2.46. The van der Waals surface area contributed by atoms with E-state index in [-0.39, 0.29) is 5.97 Å². The van der Waals surface area contributed by atoms with Crippen molar-refractivity contribution in [2.75, 3.05) is 6.61 Å². The molecule has 0 aromatic rings. The lowest BCUT2D eigenvalue weighted by molar-refractivity contribution is -0.132. The highest BCUT2D eigenvalue weighted by Crippen LogP contribution is 2.25. The fourth-order valence-corrected chi connectivity index (χ4v) is 1.07. The first-order chi connectivity index (χ1) is 6.19. The van der Waals surface area contributed by atoms with Crippen LogP contribution in [0.3, 0.4) is 0 Å². The Morgan fingerprint density at radius 2 is 2.23 bits per heavy atom. The SMILES string of the molecule is CCOC1=CC(=O)O/C1=C(\C)CC. The minimum Gasteiger partial charge on any atom is -0.490 e. The van der Waals surface area contributed by atoms with Gasteiger partial charge in [0, 0.05) is 0 Å². The molecule has 0 N–H and O–H groups in total. The van der Waals surface area contributed by atoms with Crippen LogP contribution in [0.4, 0.5) is 0 Å². The van der Waals surface area contributed by atoms with Crippen LogP contribution in [0.15, 0.2) is 23.2 Å². The van der Waals surface area contributed by atoms with E-state index < -0.39 is 0 Å². The standard InChI is InChI=1S/C10H14O3/c1-4-7(3)10-8(12-5-2)6-9(11)13-10/h6H,4-5H2,1-3H3/b10-7+. The fraction of sp³-hybridized carbons (Fsp3) is 0.500. The van der Waals surface area contributed by atoms with Gasteiger partial charge in [0.05, 0.1) is 12.7 Å². The predicted molar refractivity (Wildman–Crippen MR) is 48.8 cm³/mol. The molecule has 0 aliphatic carbocycles. The number of esters is 1. The second-order valence-corrected chi connectivity index (χ2v) is 2.83. The summed E-state index contributed by atoms with van der Waals surface area (Å²) in [4.78, 5) is 10.9. The van der Waals surface area contributed by atoms with Gasteiger partial charge in [0.1, 0.15) is 0 Å². The van der Waals surface area contributed by atoms with E-state index in [9.17, 15) is 4.79 Å². The number of hydrogen-bond donors (Lipinski definition) is 0. The van der Waals surface area contributed by atoms with Gasteiger partial charge in [-0.1, -0.05) is 6.92 Å². The Labute approximate surface area is 78.0 Å². The Hall–Kier alpha value is -1.25. The van der Waals surface area contributed by atoms with Crippen molar-refractivity contribution in [2.45, 2.75) is 27.2 Å². The highest BCUT2D eigenvalue weighted by atomic mass is 16.6. The third-order valence-electron chi connectivity index (χ3n) is 1.89. The minimum absolute atomic E-state index is 0.341. The van der Waals surface area contributed by atoms with Crippen molar-refractivity contribution < 1.29 is 14.3 Å². The third kappa shape index (κ3) is 2.11. The molecular formula is C10H14O3. The lowest BCUT2D eigenvalue weighted by atomic mass is 10.2. The Morgan fingerprint density at radius 3 is 2.77 bits per heavy atom. The summed E-state index contributed by atoms with van der Waals surface area (Å²) in [6, 6.07) is 0. The summed E-state index contributed by atoms with van der Waals surface area (Å²) >= 11 is 0. The number of hydrogen-bond acceptors (Lipinski definition) is 3. The van der Waals surface area contributed by atoms with Gasteiger partial charge in [-0.3, -0.25) is 0 Å². The maximum absolute atomic E-state index is 10.9. The summed E-state index contributed by atoms with van der Waals surface area (Å²) in [5, 5.41) is 0. The molecule has 0 unspecified atom stereocenters. The zero-order valence-corrected chi connectivity index (χ0v) is 8.22. The second kappa shape index (κ2) is 4.12. The molecule has 3 nitrogen and oxygen atoms in total. The molecule has 13 heavy (non-hydrogen) atoms. The van der Waals surface area contributed by atoms with Gasteiger partial charge in [0.2, 0.25) is 0 Å². The maximum atomic E-state index is 10.9. The van der Waals surface area contributed by atoms with Crippen molar-refractivity contribution in [2.24, 2.45) is 0 Å². The summed E-state index contributed by atoms with van der Waals surface area (Å²) in [5.41, 5.74) is 1.03. The van der Waals surface area contributed by atoms with Crippen molar-refractivity contribution in [3.63, 3.8) is 0 Å². The Kier molecular flexibility index (Phi) is 3.12. The highest BCUT2D eigenvalue weighted by Gasteiger charge is 2.22. The van der Waals surface area contributed by atoms with Crippen LogP contribution in [0.25, 0.3) is 0 Å². The minimum atomic E-state index is -0.341. The van der Waals surface area contributed by atoms with E-state index in [1.807, 2.05) is 20.8 Å². The molecule has 0 aromatic heterocycles. The summed E-state index contributed by atoms with van der Waals surface area (Å²) in [6.45, 7) is 6.37. The molecular weight excluding hydrogens is 168 g/mol. The van der Waals surface area contributed by atoms with Gasteiger partial charge in [-0.25, -0.2) is 4.79 Å². The first-order valence-electron chi connectivity index (χ1n) is 4.45. The Balaban J connectivity index is 2.89. The van der Waals surface area contributed by atoms with Crippen LogP contribution in [-0.4, -0.2) is 12.6 Å². The van der Waals surface area contributed by atoms with Crippen molar-refractivity contribution in [1.29, 1.82) is 0 Å². The highest BCUT2D eigenvalue weighted by molar-refractivity contribution is 5.87. The molecule has 0 aromatic carbocycles. The maximum Gasteiger partial charge on any atom is 0.340 e. The number of allylic oxidation sites excluding steroid dienone is 1. The van der Waals surface area contributed by atoms with Crippen LogP contribution in [-0.2, 0) is 14.3 Å². The molecule has 0 atom stereocenters. The topological polar surface area (TPSA) is 35.5 Å². The molecule has 0 saturated heterocycles. The molecule has 3 heteroatoms. The van der Waals surface area contributed by atoms with Gasteiger partial charge in [0.15, 0.2) is 11.5 Å². The van der Waals surface area contributed by atoms with E-state index in [1.165, 1.54) is 6.08 Å². The normalized spacial score (nSPS) is 19.6. The number of carbonyl (C=O) groups is 1. The summed E-state index contributed by atoms with van der Waals surface area (Å²) < 4.78 is 10.3. The van der Waals surface area contributed by atoms with Crippen LogP contribution in [0.5, 0.6) is 0 Å². The molecule has 1 aliphatic heterocycles. The van der Waals surface area contributed by atoms with Crippen LogP contribution in [0.1, 0.15) is 27.2 Å². The summed E-state index contributed by atoms with van der Waals surface area (Å²) in [7, 11) is 0. The van der Waals surface area contributed by atoms with Gasteiger partial charge in [0.25, 0.3) is 0 Å². The summed E-state index contributed by atoms with van der Waals surface area (Å²) in [6.07, 6.45) is 2.24. The van der Waals surface area contributed by atoms with Crippen molar-refractivity contribution >= 4 is 5.97 Å². The van der Waals surface area contributed by atoms with E-state index in [0.29, 0.717) is 18.1 Å². The molecule has 0 saturated carbocycles. The van der Waals surface area contributed by atoms with E-state index in [1.54, 1.807) is 0 Å². The molecule has 72 valence electrons. The van der Waals surface area contributed by atoms with Crippen LogP contribution in [0, 0.1) is 0 Å². The zero-order chi connectivity index (χ0) is 9.84. The fourth-order valence-electron chi connectivity index (χ4n) is 1.07. The molecule has 1 aliphatic rings. The molecule has 0 spiro atoms. The number of rotatable bonds is 3. The van der Waals surface area contributed by atoms with Gasteiger partial charge in [-0.15, -0.1) is 0 Å². The molecule has 0 amide bonds. The van der Waals surface area contributed by atoms with Crippen LogP contribution >= 0.6 is 0 Å². The molecule has 0 fully saturated rings. The zero-order valence-electron chi connectivity index (χ0n) is 8.22. The monoisotopic (exact) mass is 182 g/mol. The number of carbonyl (C=O) groups excluding carboxylic acids is 1. The predicted octanol–water partition coefficient (Wildman–Crippen LogP) is 2.15. The quantitative estimate of drug-likeness (QED) is 0.627. The van der Waals surface area contributed by atoms with Gasteiger partial charge in [-0.2, -0.15) is 0 Å². The van der Waals surface area contributed by atoms with Crippen molar-refractivity contribution in [3.05, 3.63) is 23.2 Å². The largest absolute Gasteiger partial charge is 0.490 e. The van der Waals surface area contributed by atoms with Crippen LogP contribution in [0.2, 0.25) is 0 Å². The van der Waals surface area contributed by atoms with E-state index in [4.69, 9.17) is 9.47 Å². The second-order valence-electron chi connectivity index (χ2n) is 2.83. The smallest absolute Gasteiger partial charge is 0.340 e. The lowest BCUT2D eigenvalue weighted by Crippen LogP contribution is -1.97. The van der Waals surface area contributed by atoms with Gasteiger partial charge in [-0.05, 0) is 25.8 Å². The van der Waals surface area contributed by atoms with Gasteiger partial charge >= 0.3 is 5.97 Å². The van der Waals surface area contributed by atoms with Crippen molar-refractivity contribution in [1.82, 2.24) is 0 Å². The van der Waals surface area contributed by atoms with E-state index in [0.717, 1.165) is 12.0 Å². The number of ether oxygens (including phenoxy) is 2. The first kappa shape index (κ1) is 9.84. The lowest BCUT2D eigenvalue weighted by Gasteiger charge is -2.07. The average molecular weight is 182 g/mol. The van der Waals surface area contributed by atoms with Crippen molar-refractivity contribution in [3.8, 4) is 0 Å². The molecule has 1 rings (SSSR count). The third-order valence-corrected chi connectivity index (χ3v) is 1.89. The summed E-state index contributed by atoms with van der Waals surface area (Å²) in [5.74, 6) is 0.812. The Morgan fingerprint density at radius 1 is 1.54 bits per heavy atom. The first-order valence-corrected chi connectivity index (χ1v) is 4.45. The Bertz CT molecular complexity index is 274. The molecule has 1 heterocycles. The molecule has 0 radical (unpaired) electrons. The molecule has 0 bridgehead atoms.